The van der Waals surface area contributed by atoms with Gasteiger partial charge in [-0.2, -0.15) is 0 Å². The average molecular weight is 256 g/mol. The van der Waals surface area contributed by atoms with E-state index < -0.39 is 10.0 Å². The first kappa shape index (κ1) is 12.7. The van der Waals surface area contributed by atoms with Gasteiger partial charge in [-0.1, -0.05) is 24.3 Å². The minimum Gasteiger partial charge on any atom is -0.358 e. The van der Waals surface area contributed by atoms with Gasteiger partial charge in [0.25, 0.3) is 10.0 Å². The molecule has 0 aliphatic carbocycles. The Morgan fingerprint density at radius 3 is 2.56 bits per heavy atom. The maximum atomic E-state index is 11.7. The van der Waals surface area contributed by atoms with Crippen LogP contribution in [0.1, 0.15) is 0 Å². The molecule has 0 unspecified atom stereocenters. The number of nitrogens with one attached hydrogen (secondary N) is 2. The van der Waals surface area contributed by atoms with Gasteiger partial charge in [0.15, 0.2) is 5.11 Å². The Balaban J connectivity index is 2.73. The van der Waals surface area contributed by atoms with Crippen LogP contribution in [0.5, 0.6) is 0 Å². The number of hydrogen-bond acceptors (Lipinski definition) is 3. The van der Waals surface area contributed by atoms with E-state index in [1.54, 1.807) is 24.3 Å². The smallest absolute Gasteiger partial charge is 0.263 e. The second-order valence-electron chi connectivity index (χ2n) is 2.92. The summed E-state index contributed by atoms with van der Waals surface area (Å²) in [5.41, 5.74) is 0. The molecular weight excluding hydrogens is 244 g/mol. The van der Waals surface area contributed by atoms with Crippen molar-refractivity contribution in [3.8, 4) is 0 Å². The molecule has 1 aromatic carbocycles. The maximum absolute atomic E-state index is 11.7. The van der Waals surface area contributed by atoms with Crippen molar-refractivity contribution in [3.05, 3.63) is 43.0 Å². The zero-order chi connectivity index (χ0) is 12.0. The molecule has 0 bridgehead atoms. The van der Waals surface area contributed by atoms with E-state index in [1.807, 2.05) is 0 Å². The molecule has 6 heteroatoms. The van der Waals surface area contributed by atoms with Crippen LogP contribution in [0.3, 0.4) is 0 Å². The normalized spacial score (nSPS) is 10.5. The third kappa shape index (κ3) is 3.63. The van der Waals surface area contributed by atoms with Gasteiger partial charge >= 0.3 is 0 Å². The fourth-order valence-corrected chi connectivity index (χ4v) is 2.34. The molecular formula is C10H12N2O2S2. The van der Waals surface area contributed by atoms with Crippen LogP contribution in [-0.4, -0.2) is 20.1 Å². The largest absolute Gasteiger partial charge is 0.358 e. The summed E-state index contributed by atoms with van der Waals surface area (Å²) < 4.78 is 25.7. The van der Waals surface area contributed by atoms with Crippen molar-refractivity contribution in [2.75, 3.05) is 6.54 Å². The van der Waals surface area contributed by atoms with Crippen LogP contribution in [0.4, 0.5) is 0 Å². The summed E-state index contributed by atoms with van der Waals surface area (Å²) in [6, 6.07) is 8.04. The van der Waals surface area contributed by atoms with Gasteiger partial charge in [-0.15, -0.1) is 6.58 Å². The van der Waals surface area contributed by atoms with Crippen molar-refractivity contribution in [2.45, 2.75) is 4.90 Å². The summed E-state index contributed by atoms with van der Waals surface area (Å²) in [6.07, 6.45) is 1.59. The molecule has 2 N–H and O–H groups in total. The molecule has 0 radical (unpaired) electrons. The Kier molecular flexibility index (Phi) is 4.45. The van der Waals surface area contributed by atoms with Gasteiger partial charge in [-0.05, 0) is 24.4 Å². The second-order valence-corrected chi connectivity index (χ2v) is 5.01. The van der Waals surface area contributed by atoms with Crippen molar-refractivity contribution in [2.24, 2.45) is 0 Å². The molecule has 0 aromatic heterocycles. The van der Waals surface area contributed by atoms with E-state index in [1.165, 1.54) is 12.1 Å². The summed E-state index contributed by atoms with van der Waals surface area (Å²) in [5.74, 6) is 0. The van der Waals surface area contributed by atoms with Gasteiger partial charge in [0, 0.05) is 6.54 Å². The van der Waals surface area contributed by atoms with E-state index in [0.29, 0.717) is 6.54 Å². The van der Waals surface area contributed by atoms with Gasteiger partial charge in [0.1, 0.15) is 0 Å². The van der Waals surface area contributed by atoms with Crippen molar-refractivity contribution >= 4 is 27.4 Å². The minimum absolute atomic E-state index is 0.0590. The molecule has 0 aliphatic heterocycles. The van der Waals surface area contributed by atoms with E-state index in [-0.39, 0.29) is 10.0 Å². The topological polar surface area (TPSA) is 58.2 Å². The predicted octanol–water partition coefficient (Wildman–Crippen LogP) is 1.03. The first-order chi connectivity index (χ1) is 7.56. The molecule has 0 fully saturated rings. The van der Waals surface area contributed by atoms with Crippen molar-refractivity contribution in [1.29, 1.82) is 0 Å². The summed E-state index contributed by atoms with van der Waals surface area (Å²) in [4.78, 5) is 0.178. The molecule has 1 aromatic rings. The molecule has 16 heavy (non-hydrogen) atoms. The van der Waals surface area contributed by atoms with E-state index >= 15 is 0 Å². The highest BCUT2D eigenvalue weighted by atomic mass is 32.2. The molecule has 0 aliphatic rings. The van der Waals surface area contributed by atoms with Gasteiger partial charge in [-0.3, -0.25) is 4.72 Å². The Morgan fingerprint density at radius 1 is 1.38 bits per heavy atom. The molecule has 1 rings (SSSR count). The third-order valence-corrected chi connectivity index (χ3v) is 3.43. The fourth-order valence-electron chi connectivity index (χ4n) is 0.982. The first-order valence-corrected chi connectivity index (χ1v) is 6.42. The maximum Gasteiger partial charge on any atom is 0.263 e. The van der Waals surface area contributed by atoms with Crippen molar-refractivity contribution in [3.63, 3.8) is 0 Å². The molecule has 0 amide bonds. The molecule has 0 spiro atoms. The monoisotopic (exact) mass is 256 g/mol. The van der Waals surface area contributed by atoms with Crippen LogP contribution in [0, 0.1) is 0 Å². The molecule has 4 nitrogen and oxygen atoms in total. The number of benzene rings is 1. The summed E-state index contributed by atoms with van der Waals surface area (Å²) >= 11 is 4.82. The fraction of sp³-hybridized carbons (Fsp3) is 0.100. The highest BCUT2D eigenvalue weighted by Crippen LogP contribution is 2.06. The zero-order valence-corrected chi connectivity index (χ0v) is 10.1. The van der Waals surface area contributed by atoms with Crippen LogP contribution in [0.25, 0.3) is 0 Å². The molecule has 86 valence electrons. The Labute approximate surface area is 100 Å². The first-order valence-electron chi connectivity index (χ1n) is 4.53. The zero-order valence-electron chi connectivity index (χ0n) is 8.51. The average Bonchev–Trinajstić information content (AvgIpc) is 2.27. The summed E-state index contributed by atoms with van der Waals surface area (Å²) in [6.45, 7) is 3.90. The standard InChI is InChI=1S/C10H12N2O2S2/c1-2-8-11-10(15)12-16(13,14)9-6-4-3-5-7-9/h2-7H,1,8H2,(H2,11,12,15). The lowest BCUT2D eigenvalue weighted by atomic mass is 10.4. The summed E-state index contributed by atoms with van der Waals surface area (Å²) in [7, 11) is -3.58. The van der Waals surface area contributed by atoms with E-state index in [2.05, 4.69) is 16.6 Å². The van der Waals surface area contributed by atoms with Crippen LogP contribution >= 0.6 is 12.2 Å². The molecule has 0 atom stereocenters. The Bertz CT molecular complexity index is 469. The van der Waals surface area contributed by atoms with Crippen LogP contribution < -0.4 is 10.0 Å². The lowest BCUT2D eigenvalue weighted by Gasteiger charge is -2.09. The Morgan fingerprint density at radius 2 is 2.00 bits per heavy atom. The Hall–Kier alpha value is -1.40. The van der Waals surface area contributed by atoms with Crippen LogP contribution in [0.2, 0.25) is 0 Å². The molecule has 0 saturated heterocycles. The predicted molar refractivity (Wildman–Crippen MR) is 67.6 cm³/mol. The second kappa shape index (κ2) is 5.62. The molecule has 0 saturated carbocycles. The van der Waals surface area contributed by atoms with E-state index in [9.17, 15) is 8.42 Å². The van der Waals surface area contributed by atoms with Gasteiger partial charge in [-0.25, -0.2) is 8.42 Å². The summed E-state index contributed by atoms with van der Waals surface area (Å²) in [5, 5.41) is 2.74. The third-order valence-electron chi connectivity index (χ3n) is 1.69. The van der Waals surface area contributed by atoms with Crippen LogP contribution in [-0.2, 0) is 10.0 Å². The quantitative estimate of drug-likeness (QED) is 0.624. The van der Waals surface area contributed by atoms with Gasteiger partial charge in [0.05, 0.1) is 4.90 Å². The van der Waals surface area contributed by atoms with Crippen LogP contribution in [0.15, 0.2) is 47.9 Å². The van der Waals surface area contributed by atoms with Gasteiger partial charge < -0.3 is 5.32 Å². The number of sulfonamides is 1. The lowest BCUT2D eigenvalue weighted by molar-refractivity contribution is 0.592. The van der Waals surface area contributed by atoms with E-state index in [0.717, 1.165) is 0 Å². The highest BCUT2D eigenvalue weighted by molar-refractivity contribution is 7.91. The lowest BCUT2D eigenvalue weighted by Crippen LogP contribution is -2.39. The number of rotatable bonds is 4. The minimum atomic E-state index is -3.58. The van der Waals surface area contributed by atoms with Crippen molar-refractivity contribution in [1.82, 2.24) is 10.0 Å². The number of hydrogen-bond donors (Lipinski definition) is 2. The number of thiocarbonyl (C=S) groups is 1. The molecule has 0 heterocycles. The SMILES string of the molecule is C=CCNC(=S)NS(=O)(=O)c1ccccc1. The highest BCUT2D eigenvalue weighted by Gasteiger charge is 2.13. The van der Waals surface area contributed by atoms with E-state index in [4.69, 9.17) is 12.2 Å². The van der Waals surface area contributed by atoms with Gasteiger partial charge in [0.2, 0.25) is 0 Å². The van der Waals surface area contributed by atoms with Crippen molar-refractivity contribution < 1.29 is 8.42 Å².